The van der Waals surface area contributed by atoms with E-state index in [1.165, 1.54) is 5.57 Å². The topological polar surface area (TPSA) is 29.5 Å². The van der Waals surface area contributed by atoms with Crippen molar-refractivity contribution < 1.29 is 9.84 Å². The Morgan fingerprint density at radius 2 is 2.31 bits per heavy atom. The van der Waals surface area contributed by atoms with Crippen LogP contribution in [-0.2, 0) is 4.74 Å². The standard InChI is InChI=1S/C14H22O2/c1-5-12-13-9(2)6-10(3)14(7-15,8-16-12)11(13)4/h5-6,10-13,15H,1,7-8H2,2-4H3/t10-,11+,12-,13-,14+/m1/s1. The van der Waals surface area contributed by atoms with Crippen LogP contribution < -0.4 is 0 Å². The number of hydrogen-bond acceptors (Lipinski definition) is 2. The predicted octanol–water partition coefficient (Wildman–Crippen LogP) is 2.40. The van der Waals surface area contributed by atoms with Gasteiger partial charge in [-0.15, -0.1) is 6.58 Å². The molecule has 2 heteroatoms. The van der Waals surface area contributed by atoms with Crippen molar-refractivity contribution in [3.8, 4) is 0 Å². The molecular formula is C14H22O2. The number of aliphatic hydroxyl groups is 1. The molecule has 1 aliphatic heterocycles. The summed E-state index contributed by atoms with van der Waals surface area (Å²) < 4.78 is 5.88. The molecule has 1 aliphatic carbocycles. The third kappa shape index (κ3) is 1.40. The molecule has 90 valence electrons. The molecule has 0 saturated carbocycles. The Labute approximate surface area is 98.0 Å². The molecule has 0 spiro atoms. The maximum atomic E-state index is 9.74. The normalized spacial score (nSPS) is 47.4. The second kappa shape index (κ2) is 4.01. The Morgan fingerprint density at radius 3 is 2.88 bits per heavy atom. The van der Waals surface area contributed by atoms with E-state index in [0.29, 0.717) is 24.4 Å². The van der Waals surface area contributed by atoms with Gasteiger partial charge in [0.25, 0.3) is 0 Å². The van der Waals surface area contributed by atoms with Crippen LogP contribution in [0.3, 0.4) is 0 Å². The highest BCUT2D eigenvalue weighted by molar-refractivity contribution is 5.22. The van der Waals surface area contributed by atoms with Crippen LogP contribution >= 0.6 is 0 Å². The molecule has 1 fully saturated rings. The van der Waals surface area contributed by atoms with Gasteiger partial charge < -0.3 is 9.84 Å². The molecule has 1 N–H and O–H groups in total. The average molecular weight is 222 g/mol. The first-order chi connectivity index (χ1) is 7.56. The molecule has 0 aromatic heterocycles. The largest absolute Gasteiger partial charge is 0.396 e. The molecule has 0 unspecified atom stereocenters. The fourth-order valence-corrected chi connectivity index (χ4v) is 3.55. The summed E-state index contributed by atoms with van der Waals surface area (Å²) in [6, 6.07) is 0. The number of allylic oxidation sites excluding steroid dienone is 1. The second-order valence-corrected chi connectivity index (χ2v) is 5.42. The highest BCUT2D eigenvalue weighted by atomic mass is 16.5. The van der Waals surface area contributed by atoms with Gasteiger partial charge in [-0.1, -0.05) is 31.6 Å². The van der Waals surface area contributed by atoms with E-state index in [0.717, 1.165) is 0 Å². The number of aliphatic hydroxyl groups excluding tert-OH is 1. The van der Waals surface area contributed by atoms with Gasteiger partial charge >= 0.3 is 0 Å². The SMILES string of the molecule is C=C[C@H]1OC[C@@]2(CO)[C@H](C)C=C(C)[C@@H]1[C@@H]2C. The summed E-state index contributed by atoms with van der Waals surface area (Å²) in [6.45, 7) is 11.3. The van der Waals surface area contributed by atoms with Crippen LogP contribution in [0.4, 0.5) is 0 Å². The van der Waals surface area contributed by atoms with E-state index < -0.39 is 0 Å². The van der Waals surface area contributed by atoms with Gasteiger partial charge in [0.15, 0.2) is 0 Å². The summed E-state index contributed by atoms with van der Waals surface area (Å²) in [4.78, 5) is 0. The maximum absolute atomic E-state index is 9.74. The van der Waals surface area contributed by atoms with Crippen molar-refractivity contribution in [3.05, 3.63) is 24.3 Å². The lowest BCUT2D eigenvalue weighted by Crippen LogP contribution is -2.55. The van der Waals surface area contributed by atoms with Crippen LogP contribution in [0.25, 0.3) is 0 Å². The summed E-state index contributed by atoms with van der Waals surface area (Å²) in [5.41, 5.74) is 1.29. The quantitative estimate of drug-likeness (QED) is 0.727. The molecule has 2 aliphatic rings. The summed E-state index contributed by atoms with van der Waals surface area (Å²) in [7, 11) is 0. The smallest absolute Gasteiger partial charge is 0.0821 e. The summed E-state index contributed by atoms with van der Waals surface area (Å²) in [5.74, 6) is 1.22. The van der Waals surface area contributed by atoms with Crippen LogP contribution in [0.5, 0.6) is 0 Å². The minimum Gasteiger partial charge on any atom is -0.396 e. The molecule has 1 saturated heterocycles. The van der Waals surface area contributed by atoms with Crippen molar-refractivity contribution in [2.75, 3.05) is 13.2 Å². The Balaban J connectivity index is 2.44. The number of hydrogen-bond donors (Lipinski definition) is 1. The first-order valence-corrected chi connectivity index (χ1v) is 6.10. The minimum atomic E-state index is -0.0936. The predicted molar refractivity (Wildman–Crippen MR) is 65.0 cm³/mol. The zero-order valence-electron chi connectivity index (χ0n) is 10.4. The van der Waals surface area contributed by atoms with E-state index in [2.05, 4.69) is 33.4 Å². The molecule has 1 heterocycles. The second-order valence-electron chi connectivity index (χ2n) is 5.42. The van der Waals surface area contributed by atoms with Crippen molar-refractivity contribution in [2.45, 2.75) is 26.9 Å². The number of ether oxygens (including phenoxy) is 1. The molecule has 0 amide bonds. The van der Waals surface area contributed by atoms with Gasteiger partial charge in [-0.25, -0.2) is 0 Å². The fourth-order valence-electron chi connectivity index (χ4n) is 3.55. The first kappa shape index (κ1) is 11.9. The van der Waals surface area contributed by atoms with E-state index in [-0.39, 0.29) is 18.1 Å². The molecule has 0 aromatic carbocycles. The molecule has 2 nitrogen and oxygen atoms in total. The van der Waals surface area contributed by atoms with E-state index >= 15 is 0 Å². The maximum Gasteiger partial charge on any atom is 0.0821 e. The Bertz CT molecular complexity index is 321. The zero-order valence-corrected chi connectivity index (χ0v) is 10.4. The fraction of sp³-hybridized carbons (Fsp3) is 0.714. The molecule has 2 rings (SSSR count). The van der Waals surface area contributed by atoms with Gasteiger partial charge in [0.1, 0.15) is 0 Å². The first-order valence-electron chi connectivity index (χ1n) is 6.10. The minimum absolute atomic E-state index is 0.0936. The van der Waals surface area contributed by atoms with Crippen LogP contribution in [0.15, 0.2) is 24.3 Å². The molecule has 5 atom stereocenters. The van der Waals surface area contributed by atoms with Gasteiger partial charge in [-0.05, 0) is 18.8 Å². The molecular weight excluding hydrogens is 200 g/mol. The zero-order chi connectivity index (χ0) is 11.9. The van der Waals surface area contributed by atoms with Crippen LogP contribution in [0.2, 0.25) is 0 Å². The lowest BCUT2D eigenvalue weighted by molar-refractivity contribution is -0.148. The lowest BCUT2D eigenvalue weighted by atomic mass is 9.56. The van der Waals surface area contributed by atoms with Crippen LogP contribution in [-0.4, -0.2) is 24.4 Å². The van der Waals surface area contributed by atoms with Gasteiger partial charge in [-0.3, -0.25) is 0 Å². The van der Waals surface area contributed by atoms with Gasteiger partial charge in [-0.2, -0.15) is 0 Å². The van der Waals surface area contributed by atoms with Crippen molar-refractivity contribution in [2.24, 2.45) is 23.2 Å². The van der Waals surface area contributed by atoms with Crippen molar-refractivity contribution >= 4 is 0 Å². The van der Waals surface area contributed by atoms with Gasteiger partial charge in [0, 0.05) is 11.3 Å². The van der Waals surface area contributed by atoms with Gasteiger partial charge in [0.05, 0.1) is 19.3 Å². The van der Waals surface area contributed by atoms with E-state index in [9.17, 15) is 5.11 Å². The number of fused-ring (bicyclic) bond motifs is 2. The Kier molecular flexibility index (Phi) is 2.97. The molecule has 2 bridgehead atoms. The lowest BCUT2D eigenvalue weighted by Gasteiger charge is -2.54. The van der Waals surface area contributed by atoms with Crippen LogP contribution in [0.1, 0.15) is 20.8 Å². The van der Waals surface area contributed by atoms with Crippen molar-refractivity contribution in [1.82, 2.24) is 0 Å². The Morgan fingerprint density at radius 1 is 1.62 bits per heavy atom. The monoisotopic (exact) mass is 222 g/mol. The van der Waals surface area contributed by atoms with Gasteiger partial charge in [0.2, 0.25) is 0 Å². The summed E-state index contributed by atoms with van der Waals surface area (Å²) in [5, 5.41) is 9.74. The Hall–Kier alpha value is -0.600. The molecule has 0 aromatic rings. The van der Waals surface area contributed by atoms with E-state index in [1.807, 2.05) is 6.08 Å². The third-order valence-electron chi connectivity index (χ3n) is 4.82. The highest BCUT2D eigenvalue weighted by Gasteiger charge is 2.52. The van der Waals surface area contributed by atoms with E-state index in [4.69, 9.17) is 4.74 Å². The van der Waals surface area contributed by atoms with Crippen LogP contribution in [0, 0.1) is 23.2 Å². The third-order valence-corrected chi connectivity index (χ3v) is 4.82. The molecule has 0 radical (unpaired) electrons. The number of rotatable bonds is 2. The average Bonchev–Trinajstić information content (AvgIpc) is 2.26. The summed E-state index contributed by atoms with van der Waals surface area (Å²) in [6.07, 6.45) is 4.31. The molecule has 16 heavy (non-hydrogen) atoms. The highest BCUT2D eigenvalue weighted by Crippen LogP contribution is 2.52. The summed E-state index contributed by atoms with van der Waals surface area (Å²) >= 11 is 0. The van der Waals surface area contributed by atoms with E-state index in [1.54, 1.807) is 0 Å². The van der Waals surface area contributed by atoms with Crippen molar-refractivity contribution in [1.29, 1.82) is 0 Å². The van der Waals surface area contributed by atoms with Crippen molar-refractivity contribution in [3.63, 3.8) is 0 Å².